The van der Waals surface area contributed by atoms with Gasteiger partial charge in [-0.15, -0.1) is 0 Å². The molecule has 43 heavy (non-hydrogen) atoms. The third kappa shape index (κ3) is 6.21. The van der Waals surface area contributed by atoms with Gasteiger partial charge >= 0.3 is 0 Å². The van der Waals surface area contributed by atoms with Crippen LogP contribution in [0, 0.1) is 12.8 Å². The molecule has 0 saturated carbocycles. The van der Waals surface area contributed by atoms with E-state index < -0.39 is 0 Å². The number of rotatable bonds is 8. The molecule has 2 aliphatic heterocycles. The molecule has 0 spiro atoms. The van der Waals surface area contributed by atoms with Crippen LogP contribution < -0.4 is 15.5 Å². The lowest BCUT2D eigenvalue weighted by Crippen LogP contribution is -2.47. The Morgan fingerprint density at radius 2 is 1.77 bits per heavy atom. The lowest BCUT2D eigenvalue weighted by Gasteiger charge is -2.39. The minimum atomic E-state index is -0.272. The highest BCUT2D eigenvalue weighted by molar-refractivity contribution is 6.06. The summed E-state index contributed by atoms with van der Waals surface area (Å²) in [6, 6.07) is 13.9. The number of likely N-dealkylation sites (tertiary alicyclic amines) is 1. The van der Waals surface area contributed by atoms with E-state index in [9.17, 15) is 9.59 Å². The summed E-state index contributed by atoms with van der Waals surface area (Å²) in [5.41, 5.74) is 6.07. The summed E-state index contributed by atoms with van der Waals surface area (Å²) in [5.74, 6) is 0.361. The van der Waals surface area contributed by atoms with Crippen LogP contribution in [0.25, 0.3) is 22.3 Å². The predicted octanol–water partition coefficient (Wildman–Crippen LogP) is 3.28. The van der Waals surface area contributed by atoms with Crippen LogP contribution >= 0.6 is 0 Å². The van der Waals surface area contributed by atoms with Crippen molar-refractivity contribution < 1.29 is 9.59 Å². The van der Waals surface area contributed by atoms with Gasteiger partial charge in [0.15, 0.2) is 11.5 Å². The minimum absolute atomic E-state index is 0.00831. The van der Waals surface area contributed by atoms with Gasteiger partial charge in [-0.2, -0.15) is 5.10 Å². The Hall–Kier alpha value is -4.77. The topological polar surface area (TPSA) is 122 Å². The van der Waals surface area contributed by atoms with Gasteiger partial charge in [0, 0.05) is 86.7 Å². The fourth-order valence-electron chi connectivity index (χ4n) is 5.82. The van der Waals surface area contributed by atoms with Gasteiger partial charge in [0.1, 0.15) is 0 Å². The molecular formula is C32H37N9O2. The van der Waals surface area contributed by atoms with Crippen molar-refractivity contribution in [2.45, 2.75) is 13.3 Å². The molecule has 1 atom stereocenters. The molecule has 11 nitrogen and oxygen atoms in total. The van der Waals surface area contributed by atoms with E-state index in [1.807, 2.05) is 31.5 Å². The third-order valence-corrected chi connectivity index (χ3v) is 8.32. The number of piperazine rings is 1. The lowest BCUT2D eigenvalue weighted by molar-refractivity contribution is -0.119. The molecule has 2 fully saturated rings. The molecule has 3 N–H and O–H groups in total. The number of aryl methyl sites for hydroxylation is 1. The Bertz CT molecular complexity index is 1620. The van der Waals surface area contributed by atoms with Gasteiger partial charge in [0.25, 0.3) is 5.91 Å². The normalized spacial score (nSPS) is 17.3. The van der Waals surface area contributed by atoms with E-state index >= 15 is 0 Å². The standard InChI is InChI=1S/C32H37N9O2/c1-21-17-34-30(35-18-21)23-4-7-26(8-5-23)41-14-12-40(13-15-41)22(2)19-39-11-10-24(20-39)31(42)36-25-6-9-28-27(16-25)29(38-37-28)32(43)33-3/h4-9,16-18,24H,2,10-15,19-20H2,1,3H3,(H,33,43)(H,36,42)(H,37,38)/t24-/m1/s1. The fraction of sp³-hybridized carbons (Fsp3) is 0.344. The van der Waals surface area contributed by atoms with Gasteiger partial charge in [0.2, 0.25) is 5.91 Å². The van der Waals surface area contributed by atoms with Crippen LogP contribution in [-0.4, -0.2) is 94.6 Å². The number of anilines is 2. The van der Waals surface area contributed by atoms with Crippen LogP contribution in [0.15, 0.2) is 67.1 Å². The molecule has 0 unspecified atom stereocenters. The van der Waals surface area contributed by atoms with Crippen molar-refractivity contribution in [3.63, 3.8) is 0 Å². The number of carbonyl (C=O) groups excluding carboxylic acids is 2. The maximum absolute atomic E-state index is 13.1. The molecule has 0 radical (unpaired) electrons. The van der Waals surface area contributed by atoms with E-state index in [2.05, 4.69) is 76.3 Å². The quantitative estimate of drug-likeness (QED) is 0.291. The summed E-state index contributed by atoms with van der Waals surface area (Å²) in [7, 11) is 1.57. The number of fused-ring (bicyclic) bond motifs is 1. The summed E-state index contributed by atoms with van der Waals surface area (Å²) in [6.07, 6.45) is 4.48. The van der Waals surface area contributed by atoms with Crippen molar-refractivity contribution in [1.29, 1.82) is 0 Å². The molecule has 2 saturated heterocycles. The third-order valence-electron chi connectivity index (χ3n) is 8.32. The number of hydrogen-bond donors (Lipinski definition) is 3. The van der Waals surface area contributed by atoms with Crippen molar-refractivity contribution >= 4 is 34.1 Å². The molecule has 4 heterocycles. The van der Waals surface area contributed by atoms with E-state index in [0.717, 1.165) is 73.9 Å². The van der Waals surface area contributed by atoms with E-state index in [4.69, 9.17) is 0 Å². The van der Waals surface area contributed by atoms with Crippen LogP contribution in [0.5, 0.6) is 0 Å². The van der Waals surface area contributed by atoms with Gasteiger partial charge in [0.05, 0.1) is 11.4 Å². The minimum Gasteiger partial charge on any atom is -0.371 e. The van der Waals surface area contributed by atoms with Gasteiger partial charge < -0.3 is 20.4 Å². The number of nitrogens with one attached hydrogen (secondary N) is 3. The summed E-state index contributed by atoms with van der Waals surface area (Å²) in [6.45, 7) is 12.4. The molecule has 0 bridgehead atoms. The first-order valence-corrected chi connectivity index (χ1v) is 14.7. The highest BCUT2D eigenvalue weighted by Crippen LogP contribution is 2.25. The van der Waals surface area contributed by atoms with Crippen molar-refractivity contribution in [2.24, 2.45) is 5.92 Å². The van der Waals surface area contributed by atoms with Crippen molar-refractivity contribution in [2.75, 3.05) is 63.1 Å². The number of H-pyrrole nitrogens is 1. The van der Waals surface area contributed by atoms with Crippen LogP contribution in [0.2, 0.25) is 0 Å². The number of amides is 2. The first-order valence-electron chi connectivity index (χ1n) is 14.7. The number of aromatic nitrogens is 4. The molecular weight excluding hydrogens is 542 g/mol. The molecule has 2 amide bonds. The molecule has 4 aromatic rings. The van der Waals surface area contributed by atoms with E-state index in [0.29, 0.717) is 23.3 Å². The highest BCUT2D eigenvalue weighted by atomic mass is 16.2. The summed E-state index contributed by atoms with van der Waals surface area (Å²) in [4.78, 5) is 41.1. The molecule has 6 rings (SSSR count). The van der Waals surface area contributed by atoms with Crippen molar-refractivity contribution in [1.82, 2.24) is 35.3 Å². The zero-order valence-corrected chi connectivity index (χ0v) is 24.6. The van der Waals surface area contributed by atoms with Crippen molar-refractivity contribution in [3.05, 3.63) is 78.4 Å². The average molecular weight is 580 g/mol. The van der Waals surface area contributed by atoms with Crippen LogP contribution in [0.1, 0.15) is 22.5 Å². The largest absolute Gasteiger partial charge is 0.371 e. The van der Waals surface area contributed by atoms with E-state index in [1.54, 1.807) is 13.1 Å². The van der Waals surface area contributed by atoms with E-state index in [1.165, 1.54) is 5.69 Å². The van der Waals surface area contributed by atoms with Crippen LogP contribution in [0.3, 0.4) is 0 Å². The molecule has 2 aromatic heterocycles. The van der Waals surface area contributed by atoms with Crippen molar-refractivity contribution in [3.8, 4) is 11.4 Å². The first-order chi connectivity index (χ1) is 20.9. The highest BCUT2D eigenvalue weighted by Gasteiger charge is 2.30. The first kappa shape index (κ1) is 28.4. The van der Waals surface area contributed by atoms with Gasteiger partial charge in [-0.25, -0.2) is 9.97 Å². The van der Waals surface area contributed by atoms with Gasteiger partial charge in [-0.3, -0.25) is 19.6 Å². The number of nitrogens with zero attached hydrogens (tertiary/aromatic N) is 6. The van der Waals surface area contributed by atoms with Gasteiger partial charge in [-0.05, 0) is 67.9 Å². The molecule has 11 heteroatoms. The summed E-state index contributed by atoms with van der Waals surface area (Å²) in [5, 5.41) is 13.3. The maximum Gasteiger partial charge on any atom is 0.272 e. The van der Waals surface area contributed by atoms with Crippen LogP contribution in [0.4, 0.5) is 11.4 Å². The van der Waals surface area contributed by atoms with Gasteiger partial charge in [-0.1, -0.05) is 6.58 Å². The number of aromatic amines is 1. The average Bonchev–Trinajstić information content (AvgIpc) is 3.68. The fourth-order valence-corrected chi connectivity index (χ4v) is 5.82. The monoisotopic (exact) mass is 579 g/mol. The Kier molecular flexibility index (Phi) is 8.06. The second-order valence-electron chi connectivity index (χ2n) is 11.3. The second kappa shape index (κ2) is 12.2. The molecule has 2 aromatic carbocycles. The Morgan fingerprint density at radius 3 is 2.49 bits per heavy atom. The zero-order valence-electron chi connectivity index (χ0n) is 24.6. The smallest absolute Gasteiger partial charge is 0.272 e. The van der Waals surface area contributed by atoms with E-state index in [-0.39, 0.29) is 17.7 Å². The number of carbonyl (C=O) groups is 2. The lowest BCUT2D eigenvalue weighted by atomic mass is 10.1. The SMILES string of the molecule is C=C(CN1CC[C@@H](C(=O)Nc2ccc3[nH]nc(C(=O)NC)c3c2)C1)N1CCN(c2ccc(-c3ncc(C)cn3)cc2)CC1. The molecule has 0 aliphatic carbocycles. The summed E-state index contributed by atoms with van der Waals surface area (Å²) < 4.78 is 0. The Morgan fingerprint density at radius 1 is 1.02 bits per heavy atom. The number of hydrogen-bond acceptors (Lipinski definition) is 8. The molecule has 2 aliphatic rings. The predicted molar refractivity (Wildman–Crippen MR) is 168 cm³/mol. The Balaban J connectivity index is 0.974. The second-order valence-corrected chi connectivity index (χ2v) is 11.3. The maximum atomic E-state index is 13.1. The zero-order chi connectivity index (χ0) is 29.9. The Labute approximate surface area is 251 Å². The van der Waals surface area contributed by atoms with Crippen LogP contribution in [-0.2, 0) is 4.79 Å². The summed E-state index contributed by atoms with van der Waals surface area (Å²) >= 11 is 0. The number of benzene rings is 2. The molecule has 222 valence electrons.